The molecule has 0 bridgehead atoms. The van der Waals surface area contributed by atoms with Crippen molar-refractivity contribution in [3.63, 3.8) is 0 Å². The molecular formula is C12H25N. The fraction of sp³-hybridized carbons (Fsp3) is 1.00. The maximum absolute atomic E-state index is 3.31. The van der Waals surface area contributed by atoms with Gasteiger partial charge in [0.2, 0.25) is 0 Å². The molecule has 1 nitrogen and oxygen atoms in total. The van der Waals surface area contributed by atoms with Crippen LogP contribution in [0.3, 0.4) is 0 Å². The van der Waals surface area contributed by atoms with Gasteiger partial charge in [-0.25, -0.2) is 0 Å². The van der Waals surface area contributed by atoms with Crippen molar-refractivity contribution < 1.29 is 0 Å². The van der Waals surface area contributed by atoms with Crippen LogP contribution < -0.4 is 5.32 Å². The topological polar surface area (TPSA) is 12.0 Å². The Labute approximate surface area is 83.3 Å². The summed E-state index contributed by atoms with van der Waals surface area (Å²) in [7, 11) is 2.06. The minimum atomic E-state index is 0.545. The molecule has 0 unspecified atom stereocenters. The zero-order valence-corrected chi connectivity index (χ0v) is 9.91. The smallest absolute Gasteiger partial charge is 0.00231 e. The Balaban J connectivity index is 2.61. The quantitative estimate of drug-likeness (QED) is 0.694. The SMILES string of the molecule is CNCC1CC(C)(C)CC(C)(C)C1. The second-order valence-corrected chi connectivity index (χ2v) is 6.34. The number of nitrogens with one attached hydrogen (secondary N) is 1. The molecule has 1 N–H and O–H groups in total. The Hall–Kier alpha value is -0.0400. The van der Waals surface area contributed by atoms with E-state index in [4.69, 9.17) is 0 Å². The van der Waals surface area contributed by atoms with E-state index in [1.54, 1.807) is 0 Å². The van der Waals surface area contributed by atoms with E-state index >= 15 is 0 Å². The van der Waals surface area contributed by atoms with Gasteiger partial charge in [-0.15, -0.1) is 0 Å². The van der Waals surface area contributed by atoms with Crippen LogP contribution >= 0.6 is 0 Å². The van der Waals surface area contributed by atoms with Gasteiger partial charge in [0, 0.05) is 0 Å². The lowest BCUT2D eigenvalue weighted by atomic mass is 9.61. The molecule has 1 heteroatoms. The molecule has 0 saturated heterocycles. The van der Waals surface area contributed by atoms with Crippen molar-refractivity contribution in [2.24, 2.45) is 16.7 Å². The van der Waals surface area contributed by atoms with Gasteiger partial charge in [-0.2, -0.15) is 0 Å². The zero-order chi connectivity index (χ0) is 10.1. The number of hydrogen-bond donors (Lipinski definition) is 1. The fourth-order valence-corrected chi connectivity index (χ4v) is 3.51. The summed E-state index contributed by atoms with van der Waals surface area (Å²) in [6, 6.07) is 0. The maximum Gasteiger partial charge on any atom is -0.00231 e. The molecule has 0 aliphatic heterocycles. The molecule has 1 aliphatic rings. The van der Waals surface area contributed by atoms with Gasteiger partial charge in [-0.1, -0.05) is 27.7 Å². The summed E-state index contributed by atoms with van der Waals surface area (Å²) in [6.45, 7) is 10.8. The Bertz CT molecular complexity index is 154. The predicted octanol–water partition coefficient (Wildman–Crippen LogP) is 3.06. The highest BCUT2D eigenvalue weighted by atomic mass is 14.8. The van der Waals surface area contributed by atoms with E-state index in [0.29, 0.717) is 10.8 Å². The predicted molar refractivity (Wildman–Crippen MR) is 58.8 cm³/mol. The van der Waals surface area contributed by atoms with Crippen molar-refractivity contribution in [1.29, 1.82) is 0 Å². The molecule has 0 aromatic rings. The van der Waals surface area contributed by atoms with E-state index in [1.807, 2.05) is 0 Å². The first-order valence-corrected chi connectivity index (χ1v) is 5.49. The van der Waals surface area contributed by atoms with Crippen LogP contribution in [0.1, 0.15) is 47.0 Å². The lowest BCUT2D eigenvalue weighted by Crippen LogP contribution is -2.37. The van der Waals surface area contributed by atoms with Crippen molar-refractivity contribution in [1.82, 2.24) is 5.32 Å². The molecule has 0 spiro atoms. The van der Waals surface area contributed by atoms with Gasteiger partial charge in [0.15, 0.2) is 0 Å². The Kier molecular flexibility index (Phi) is 3.06. The van der Waals surface area contributed by atoms with E-state index in [1.165, 1.54) is 25.8 Å². The fourth-order valence-electron chi connectivity index (χ4n) is 3.51. The first-order valence-electron chi connectivity index (χ1n) is 5.49. The first-order chi connectivity index (χ1) is 5.85. The van der Waals surface area contributed by atoms with Crippen molar-refractivity contribution in [2.45, 2.75) is 47.0 Å². The average molecular weight is 183 g/mol. The highest BCUT2D eigenvalue weighted by molar-refractivity contribution is 4.89. The van der Waals surface area contributed by atoms with E-state index in [-0.39, 0.29) is 0 Å². The van der Waals surface area contributed by atoms with Crippen LogP contribution in [-0.4, -0.2) is 13.6 Å². The maximum atomic E-state index is 3.31. The highest BCUT2D eigenvalue weighted by Crippen LogP contribution is 2.47. The second-order valence-electron chi connectivity index (χ2n) is 6.34. The molecule has 13 heavy (non-hydrogen) atoms. The summed E-state index contributed by atoms with van der Waals surface area (Å²) in [6.07, 6.45) is 4.15. The average Bonchev–Trinajstić information content (AvgIpc) is 1.78. The van der Waals surface area contributed by atoms with Gasteiger partial charge >= 0.3 is 0 Å². The lowest BCUT2D eigenvalue weighted by Gasteiger charge is -2.45. The molecule has 0 aromatic carbocycles. The van der Waals surface area contributed by atoms with Gasteiger partial charge in [-0.3, -0.25) is 0 Å². The molecule has 78 valence electrons. The van der Waals surface area contributed by atoms with E-state index in [2.05, 4.69) is 40.1 Å². The third-order valence-corrected chi connectivity index (χ3v) is 3.13. The Morgan fingerprint density at radius 1 is 1.08 bits per heavy atom. The highest BCUT2D eigenvalue weighted by Gasteiger charge is 2.37. The molecule has 0 amide bonds. The summed E-state index contributed by atoms with van der Waals surface area (Å²) in [4.78, 5) is 0. The summed E-state index contributed by atoms with van der Waals surface area (Å²) in [5, 5.41) is 3.31. The summed E-state index contributed by atoms with van der Waals surface area (Å²) < 4.78 is 0. The normalized spacial score (nSPS) is 27.5. The van der Waals surface area contributed by atoms with Crippen molar-refractivity contribution in [2.75, 3.05) is 13.6 Å². The number of hydrogen-bond acceptors (Lipinski definition) is 1. The summed E-state index contributed by atoms with van der Waals surface area (Å²) in [5.74, 6) is 0.878. The molecule has 1 rings (SSSR count). The van der Waals surface area contributed by atoms with Gasteiger partial charge in [-0.05, 0) is 49.6 Å². The Morgan fingerprint density at radius 2 is 1.54 bits per heavy atom. The third kappa shape index (κ3) is 3.30. The number of rotatable bonds is 2. The Morgan fingerprint density at radius 3 is 1.92 bits per heavy atom. The van der Waals surface area contributed by atoms with Gasteiger partial charge in [0.05, 0.1) is 0 Å². The minimum Gasteiger partial charge on any atom is -0.319 e. The van der Waals surface area contributed by atoms with E-state index < -0.39 is 0 Å². The molecule has 0 radical (unpaired) electrons. The largest absolute Gasteiger partial charge is 0.319 e. The van der Waals surface area contributed by atoms with Crippen LogP contribution in [0, 0.1) is 16.7 Å². The van der Waals surface area contributed by atoms with Gasteiger partial charge in [0.1, 0.15) is 0 Å². The standard InChI is InChI=1S/C12H25N/c1-11(2)6-10(8-13-5)7-12(3,4)9-11/h10,13H,6-9H2,1-5H3. The third-order valence-electron chi connectivity index (χ3n) is 3.13. The summed E-state index contributed by atoms with van der Waals surface area (Å²) in [5.41, 5.74) is 1.09. The molecule has 0 heterocycles. The lowest BCUT2D eigenvalue weighted by molar-refractivity contribution is 0.0683. The van der Waals surface area contributed by atoms with E-state index in [0.717, 1.165) is 5.92 Å². The minimum absolute atomic E-state index is 0.545. The van der Waals surface area contributed by atoms with Crippen LogP contribution in [0.5, 0.6) is 0 Å². The van der Waals surface area contributed by atoms with Gasteiger partial charge < -0.3 is 5.32 Å². The van der Waals surface area contributed by atoms with Crippen LogP contribution in [0.15, 0.2) is 0 Å². The van der Waals surface area contributed by atoms with Crippen LogP contribution in [0.25, 0.3) is 0 Å². The monoisotopic (exact) mass is 183 g/mol. The van der Waals surface area contributed by atoms with Crippen LogP contribution in [0.4, 0.5) is 0 Å². The van der Waals surface area contributed by atoms with Crippen LogP contribution in [-0.2, 0) is 0 Å². The zero-order valence-electron chi connectivity index (χ0n) is 9.91. The van der Waals surface area contributed by atoms with E-state index in [9.17, 15) is 0 Å². The summed E-state index contributed by atoms with van der Waals surface area (Å²) >= 11 is 0. The molecule has 1 saturated carbocycles. The molecule has 0 atom stereocenters. The molecular weight excluding hydrogens is 158 g/mol. The van der Waals surface area contributed by atoms with Gasteiger partial charge in [0.25, 0.3) is 0 Å². The molecule has 1 fully saturated rings. The molecule has 0 aromatic heterocycles. The molecule has 1 aliphatic carbocycles. The first kappa shape index (κ1) is 11.0. The van der Waals surface area contributed by atoms with Crippen LogP contribution in [0.2, 0.25) is 0 Å². The van der Waals surface area contributed by atoms with Crippen molar-refractivity contribution in [3.05, 3.63) is 0 Å². The second kappa shape index (κ2) is 3.61. The van der Waals surface area contributed by atoms with Crippen molar-refractivity contribution in [3.8, 4) is 0 Å². The van der Waals surface area contributed by atoms with Crippen molar-refractivity contribution >= 4 is 0 Å².